The van der Waals surface area contributed by atoms with E-state index in [2.05, 4.69) is 38.1 Å². The number of hydrogen-bond donors (Lipinski definition) is 2. The number of piperazine rings is 1. The molecule has 1 saturated carbocycles. The number of anilines is 1. The lowest BCUT2D eigenvalue weighted by atomic mass is 10.2. The Morgan fingerprint density at radius 1 is 1.36 bits per heavy atom. The van der Waals surface area contributed by atoms with Gasteiger partial charge in [0.1, 0.15) is 5.82 Å². The molecule has 1 aromatic rings. The molecule has 22 heavy (non-hydrogen) atoms. The van der Waals surface area contributed by atoms with Crippen molar-refractivity contribution in [1.82, 2.24) is 15.2 Å². The van der Waals surface area contributed by atoms with Crippen LogP contribution < -0.4 is 16.0 Å². The number of aromatic nitrogens is 1. The third-order valence-electron chi connectivity index (χ3n) is 4.31. The van der Waals surface area contributed by atoms with Crippen LogP contribution in [0.1, 0.15) is 25.3 Å². The Morgan fingerprint density at radius 2 is 2.14 bits per heavy atom. The molecule has 0 spiro atoms. The summed E-state index contributed by atoms with van der Waals surface area (Å²) in [5, 5.41) is 3.21. The fraction of sp³-hybridized carbons (Fsp3) is 0.625. The van der Waals surface area contributed by atoms with Crippen LogP contribution >= 0.6 is 0 Å². The van der Waals surface area contributed by atoms with E-state index in [1.807, 2.05) is 12.3 Å². The molecule has 6 heteroatoms. The van der Waals surface area contributed by atoms with Gasteiger partial charge in [0.05, 0.1) is 6.54 Å². The van der Waals surface area contributed by atoms with Crippen LogP contribution in [0.2, 0.25) is 0 Å². The van der Waals surface area contributed by atoms with Crippen molar-refractivity contribution in [2.45, 2.75) is 32.4 Å². The minimum Gasteiger partial charge on any atom is -0.370 e. The molecule has 1 saturated heterocycles. The third kappa shape index (κ3) is 4.10. The monoisotopic (exact) mass is 302 g/mol. The van der Waals surface area contributed by atoms with Crippen LogP contribution in [-0.2, 0) is 6.54 Å². The topological polar surface area (TPSA) is 69.8 Å². The molecule has 2 fully saturated rings. The lowest BCUT2D eigenvalue weighted by Crippen LogP contribution is -2.46. The average Bonchev–Trinajstić information content (AvgIpc) is 3.37. The summed E-state index contributed by atoms with van der Waals surface area (Å²) >= 11 is 0. The van der Waals surface area contributed by atoms with E-state index in [0.717, 1.165) is 44.1 Å². The highest BCUT2D eigenvalue weighted by Gasteiger charge is 2.21. The van der Waals surface area contributed by atoms with Crippen molar-refractivity contribution < 1.29 is 0 Å². The smallest absolute Gasteiger partial charge is 0.189 e. The minimum absolute atomic E-state index is 0.548. The van der Waals surface area contributed by atoms with Gasteiger partial charge in [-0.05, 0) is 37.1 Å². The van der Waals surface area contributed by atoms with Gasteiger partial charge in [-0.3, -0.25) is 0 Å². The van der Waals surface area contributed by atoms with Gasteiger partial charge in [-0.1, -0.05) is 6.92 Å². The number of nitrogens with two attached hydrogens (primary N) is 1. The number of nitrogens with one attached hydrogen (secondary N) is 1. The highest BCUT2D eigenvalue weighted by molar-refractivity contribution is 5.78. The van der Waals surface area contributed by atoms with E-state index in [-0.39, 0.29) is 0 Å². The first-order chi connectivity index (χ1) is 10.7. The van der Waals surface area contributed by atoms with Crippen LogP contribution in [0.3, 0.4) is 0 Å². The van der Waals surface area contributed by atoms with E-state index in [4.69, 9.17) is 5.73 Å². The van der Waals surface area contributed by atoms with Crippen molar-refractivity contribution >= 4 is 11.8 Å². The molecule has 0 atom stereocenters. The van der Waals surface area contributed by atoms with Gasteiger partial charge in [0.2, 0.25) is 0 Å². The summed E-state index contributed by atoms with van der Waals surface area (Å²) in [6.45, 7) is 8.25. The largest absolute Gasteiger partial charge is 0.370 e. The first-order valence-electron chi connectivity index (χ1n) is 8.23. The molecule has 1 aliphatic heterocycles. The van der Waals surface area contributed by atoms with E-state index in [9.17, 15) is 0 Å². The summed E-state index contributed by atoms with van der Waals surface area (Å²) in [6.07, 6.45) is 4.29. The van der Waals surface area contributed by atoms with Crippen molar-refractivity contribution in [3.8, 4) is 0 Å². The maximum absolute atomic E-state index is 5.88. The van der Waals surface area contributed by atoms with E-state index < -0.39 is 0 Å². The lowest BCUT2D eigenvalue weighted by molar-refractivity contribution is 0.270. The number of nitrogens with zero attached hydrogens (tertiary/aromatic N) is 4. The lowest BCUT2D eigenvalue weighted by Gasteiger charge is -2.34. The molecule has 1 aliphatic carbocycles. The van der Waals surface area contributed by atoms with Crippen LogP contribution in [0.15, 0.2) is 23.3 Å². The predicted octanol–water partition coefficient (Wildman–Crippen LogP) is 0.790. The average molecular weight is 302 g/mol. The fourth-order valence-corrected chi connectivity index (χ4v) is 2.68. The second kappa shape index (κ2) is 6.96. The second-order valence-corrected chi connectivity index (χ2v) is 6.06. The standard InChI is InChI=1S/C16H26N6/c1-2-21-7-9-22(10-8-21)15-11-13(5-6-18-15)12-19-16(17)20-14-3-4-14/h5-6,11,14H,2-4,7-10,12H2,1H3,(H3,17,19,20). The Kier molecular flexibility index (Phi) is 4.77. The highest BCUT2D eigenvalue weighted by Crippen LogP contribution is 2.18. The normalized spacial score (nSPS) is 20.2. The maximum atomic E-state index is 5.88. The molecular weight excluding hydrogens is 276 g/mol. The zero-order chi connectivity index (χ0) is 15.4. The van der Waals surface area contributed by atoms with Gasteiger partial charge in [0.25, 0.3) is 0 Å². The van der Waals surface area contributed by atoms with Gasteiger partial charge in [0.15, 0.2) is 5.96 Å². The minimum atomic E-state index is 0.548. The number of hydrogen-bond acceptors (Lipinski definition) is 4. The van der Waals surface area contributed by atoms with E-state index in [1.54, 1.807) is 0 Å². The summed E-state index contributed by atoms with van der Waals surface area (Å²) in [7, 11) is 0. The molecule has 0 unspecified atom stereocenters. The molecule has 0 amide bonds. The van der Waals surface area contributed by atoms with Crippen molar-refractivity contribution in [2.75, 3.05) is 37.6 Å². The molecular formula is C16H26N6. The molecule has 2 aliphatic rings. The van der Waals surface area contributed by atoms with Crippen LogP contribution in [0, 0.1) is 0 Å². The van der Waals surface area contributed by atoms with Gasteiger partial charge in [0, 0.05) is 38.4 Å². The number of rotatable bonds is 5. The Morgan fingerprint density at radius 3 is 2.82 bits per heavy atom. The Hall–Kier alpha value is -1.82. The van der Waals surface area contributed by atoms with Crippen molar-refractivity contribution in [1.29, 1.82) is 0 Å². The quantitative estimate of drug-likeness (QED) is 0.622. The molecule has 6 nitrogen and oxygen atoms in total. The zero-order valence-corrected chi connectivity index (χ0v) is 13.3. The van der Waals surface area contributed by atoms with E-state index >= 15 is 0 Å². The molecule has 3 rings (SSSR count). The zero-order valence-electron chi connectivity index (χ0n) is 13.3. The van der Waals surface area contributed by atoms with Crippen molar-refractivity contribution in [3.05, 3.63) is 23.9 Å². The Bertz CT molecular complexity index is 517. The number of aliphatic imine (C=N–C) groups is 1. The van der Waals surface area contributed by atoms with Gasteiger partial charge in [-0.15, -0.1) is 0 Å². The molecule has 0 bridgehead atoms. The van der Waals surface area contributed by atoms with Crippen LogP contribution in [-0.4, -0.2) is 54.6 Å². The molecule has 2 heterocycles. The number of likely N-dealkylation sites (N-methyl/N-ethyl adjacent to an activating group) is 1. The molecule has 0 radical (unpaired) electrons. The Balaban J connectivity index is 1.57. The number of pyridine rings is 1. The first-order valence-corrected chi connectivity index (χ1v) is 8.23. The molecule has 3 N–H and O–H groups in total. The summed E-state index contributed by atoms with van der Waals surface area (Å²) in [6, 6.07) is 4.70. The summed E-state index contributed by atoms with van der Waals surface area (Å²) < 4.78 is 0. The maximum Gasteiger partial charge on any atom is 0.189 e. The van der Waals surface area contributed by atoms with Crippen LogP contribution in [0.4, 0.5) is 5.82 Å². The molecule has 1 aromatic heterocycles. The molecule has 0 aromatic carbocycles. The third-order valence-corrected chi connectivity index (χ3v) is 4.31. The van der Waals surface area contributed by atoms with Gasteiger partial charge in [-0.25, -0.2) is 9.98 Å². The van der Waals surface area contributed by atoms with Crippen LogP contribution in [0.25, 0.3) is 0 Å². The van der Waals surface area contributed by atoms with Crippen molar-refractivity contribution in [3.63, 3.8) is 0 Å². The van der Waals surface area contributed by atoms with Gasteiger partial charge >= 0.3 is 0 Å². The summed E-state index contributed by atoms with van der Waals surface area (Å²) in [5.74, 6) is 1.61. The van der Waals surface area contributed by atoms with Crippen molar-refractivity contribution in [2.24, 2.45) is 10.7 Å². The Labute approximate surface area is 132 Å². The number of guanidine groups is 1. The second-order valence-electron chi connectivity index (χ2n) is 6.06. The predicted molar refractivity (Wildman–Crippen MR) is 90.0 cm³/mol. The van der Waals surface area contributed by atoms with Crippen LogP contribution in [0.5, 0.6) is 0 Å². The van der Waals surface area contributed by atoms with Gasteiger partial charge in [-0.2, -0.15) is 0 Å². The van der Waals surface area contributed by atoms with E-state index in [0.29, 0.717) is 18.5 Å². The highest BCUT2D eigenvalue weighted by atomic mass is 15.3. The van der Waals surface area contributed by atoms with Gasteiger partial charge < -0.3 is 20.9 Å². The summed E-state index contributed by atoms with van der Waals surface area (Å²) in [5.41, 5.74) is 7.04. The SMILES string of the molecule is CCN1CCN(c2cc(CN=C(N)NC3CC3)ccn2)CC1. The molecule has 120 valence electrons. The van der Waals surface area contributed by atoms with E-state index in [1.165, 1.54) is 12.8 Å². The first kappa shape index (κ1) is 15.1. The fourth-order valence-electron chi connectivity index (χ4n) is 2.68. The summed E-state index contributed by atoms with van der Waals surface area (Å²) in [4.78, 5) is 13.7.